The minimum Gasteiger partial charge on any atom is -0.367 e. The Kier molecular flexibility index (Phi) is 4.45. The Morgan fingerprint density at radius 2 is 1.86 bits per heavy atom. The summed E-state index contributed by atoms with van der Waals surface area (Å²) in [5.41, 5.74) is 1.07. The van der Waals surface area contributed by atoms with E-state index in [0.29, 0.717) is 5.91 Å². The highest BCUT2D eigenvalue weighted by Crippen LogP contribution is 2.29. The second-order valence-corrected chi connectivity index (χ2v) is 6.42. The second-order valence-electron chi connectivity index (χ2n) is 6.42. The van der Waals surface area contributed by atoms with Gasteiger partial charge in [-0.15, -0.1) is 0 Å². The van der Waals surface area contributed by atoms with E-state index in [1.54, 1.807) is 6.33 Å². The predicted molar refractivity (Wildman–Crippen MR) is 87.1 cm³/mol. The van der Waals surface area contributed by atoms with E-state index in [2.05, 4.69) is 19.8 Å². The molecule has 1 aromatic heterocycles. The van der Waals surface area contributed by atoms with E-state index in [-0.39, 0.29) is 5.92 Å². The van der Waals surface area contributed by atoms with Gasteiger partial charge in [-0.25, -0.2) is 9.97 Å². The summed E-state index contributed by atoms with van der Waals surface area (Å²) in [6.45, 7) is 3.71. The summed E-state index contributed by atoms with van der Waals surface area (Å²) in [5, 5.41) is 0. The predicted octanol–water partition coefficient (Wildman–Crippen LogP) is 1.38. The molecule has 0 saturated carbocycles. The number of carbonyl (C=O) groups is 1. The minimum atomic E-state index is 0.196. The van der Waals surface area contributed by atoms with Crippen LogP contribution in [0.1, 0.15) is 25.7 Å². The summed E-state index contributed by atoms with van der Waals surface area (Å²) in [4.78, 5) is 27.4. The molecule has 0 aromatic carbocycles. The lowest BCUT2D eigenvalue weighted by Crippen LogP contribution is -2.42. The first-order chi connectivity index (χ1) is 10.7. The quantitative estimate of drug-likeness (QED) is 0.844. The van der Waals surface area contributed by atoms with Crippen molar-refractivity contribution >= 4 is 17.4 Å². The van der Waals surface area contributed by atoms with Crippen LogP contribution in [0.3, 0.4) is 0 Å². The molecule has 2 fully saturated rings. The summed E-state index contributed by atoms with van der Waals surface area (Å²) in [5.74, 6) is 1.51. The summed E-state index contributed by atoms with van der Waals surface area (Å²) in [6, 6.07) is 0. The molecule has 3 rings (SSSR count). The maximum atomic E-state index is 12.5. The summed E-state index contributed by atoms with van der Waals surface area (Å²) in [6.07, 6.45) is 7.65. The molecule has 6 nitrogen and oxygen atoms in total. The Morgan fingerprint density at radius 3 is 2.50 bits per heavy atom. The number of carbonyl (C=O) groups excluding carboxylic acids is 1. The van der Waals surface area contributed by atoms with E-state index in [9.17, 15) is 4.79 Å². The first kappa shape index (κ1) is 15.1. The average molecular weight is 303 g/mol. The van der Waals surface area contributed by atoms with Gasteiger partial charge in [0.2, 0.25) is 5.91 Å². The number of nitrogens with zero attached hydrogens (tertiary/aromatic N) is 5. The fourth-order valence-corrected chi connectivity index (χ4v) is 3.45. The Bertz CT molecular complexity index is 519. The zero-order chi connectivity index (χ0) is 15.5. The Labute approximate surface area is 132 Å². The molecule has 0 atom stereocenters. The van der Waals surface area contributed by atoms with Crippen LogP contribution in [0, 0.1) is 5.92 Å². The van der Waals surface area contributed by atoms with Gasteiger partial charge in [-0.05, 0) is 25.7 Å². The molecule has 6 heteroatoms. The number of anilines is 2. The maximum Gasteiger partial charge on any atom is 0.225 e. The SMILES string of the molecule is CN(C)c1ncncc1N1CCC(C(=O)N2CCCC2)CC1. The number of hydrogen-bond donors (Lipinski definition) is 0. The molecule has 0 N–H and O–H groups in total. The third-order valence-electron chi connectivity index (χ3n) is 4.70. The molecule has 0 radical (unpaired) electrons. The van der Waals surface area contributed by atoms with Crippen LogP contribution >= 0.6 is 0 Å². The zero-order valence-electron chi connectivity index (χ0n) is 13.5. The van der Waals surface area contributed by atoms with Crippen LogP contribution in [0.15, 0.2) is 12.5 Å². The average Bonchev–Trinajstić information content (AvgIpc) is 3.09. The second kappa shape index (κ2) is 6.50. The molecule has 0 bridgehead atoms. The Morgan fingerprint density at radius 1 is 1.18 bits per heavy atom. The highest BCUT2D eigenvalue weighted by Gasteiger charge is 2.30. The van der Waals surface area contributed by atoms with Crippen molar-refractivity contribution in [2.45, 2.75) is 25.7 Å². The van der Waals surface area contributed by atoms with Crippen LogP contribution in [-0.4, -0.2) is 61.0 Å². The van der Waals surface area contributed by atoms with Gasteiger partial charge in [-0.2, -0.15) is 0 Å². The van der Waals surface area contributed by atoms with E-state index < -0.39 is 0 Å². The van der Waals surface area contributed by atoms with Gasteiger partial charge < -0.3 is 14.7 Å². The number of amides is 1. The van der Waals surface area contributed by atoms with Crippen molar-refractivity contribution in [3.05, 3.63) is 12.5 Å². The zero-order valence-corrected chi connectivity index (χ0v) is 13.5. The van der Waals surface area contributed by atoms with Gasteiger partial charge in [0.1, 0.15) is 6.33 Å². The lowest BCUT2D eigenvalue weighted by Gasteiger charge is -2.35. The van der Waals surface area contributed by atoms with Crippen LogP contribution in [0.25, 0.3) is 0 Å². The van der Waals surface area contributed by atoms with Crippen molar-refractivity contribution in [2.24, 2.45) is 5.92 Å². The Hall–Kier alpha value is -1.85. The molecule has 1 amide bonds. The summed E-state index contributed by atoms with van der Waals surface area (Å²) >= 11 is 0. The molecule has 120 valence electrons. The fourth-order valence-electron chi connectivity index (χ4n) is 3.45. The van der Waals surface area contributed by atoms with Crippen molar-refractivity contribution in [3.8, 4) is 0 Å². The molecule has 3 heterocycles. The molecule has 1 aromatic rings. The fraction of sp³-hybridized carbons (Fsp3) is 0.688. The summed E-state index contributed by atoms with van der Waals surface area (Å²) in [7, 11) is 3.99. The molecular weight excluding hydrogens is 278 g/mol. The van der Waals surface area contributed by atoms with Gasteiger partial charge in [0, 0.05) is 46.2 Å². The molecule has 22 heavy (non-hydrogen) atoms. The first-order valence-electron chi connectivity index (χ1n) is 8.18. The molecule has 0 spiro atoms. The molecular formula is C16H25N5O. The van der Waals surface area contributed by atoms with Crippen molar-refractivity contribution in [1.82, 2.24) is 14.9 Å². The van der Waals surface area contributed by atoms with E-state index in [1.807, 2.05) is 25.2 Å². The topological polar surface area (TPSA) is 52.6 Å². The number of aromatic nitrogens is 2. The molecule has 2 aliphatic heterocycles. The van der Waals surface area contributed by atoms with Crippen LogP contribution in [0.4, 0.5) is 11.5 Å². The van der Waals surface area contributed by atoms with E-state index >= 15 is 0 Å². The van der Waals surface area contributed by atoms with Crippen LogP contribution in [0.5, 0.6) is 0 Å². The lowest BCUT2D eigenvalue weighted by atomic mass is 9.95. The standard InChI is InChI=1S/C16H25N5O/c1-19(2)15-14(11-17-12-18-15)20-9-5-13(6-10-20)16(22)21-7-3-4-8-21/h11-13H,3-10H2,1-2H3. The molecule has 0 unspecified atom stereocenters. The van der Waals surface area contributed by atoms with Crippen molar-refractivity contribution in [2.75, 3.05) is 50.1 Å². The number of likely N-dealkylation sites (tertiary alicyclic amines) is 1. The highest BCUT2D eigenvalue weighted by atomic mass is 16.2. The number of rotatable bonds is 3. The monoisotopic (exact) mass is 303 g/mol. The number of piperidine rings is 1. The smallest absolute Gasteiger partial charge is 0.225 e. The van der Waals surface area contributed by atoms with Crippen LogP contribution in [-0.2, 0) is 4.79 Å². The van der Waals surface area contributed by atoms with E-state index in [1.165, 1.54) is 0 Å². The van der Waals surface area contributed by atoms with Crippen molar-refractivity contribution < 1.29 is 4.79 Å². The normalized spacial score (nSPS) is 19.5. The van der Waals surface area contributed by atoms with Gasteiger partial charge in [0.25, 0.3) is 0 Å². The van der Waals surface area contributed by atoms with Crippen molar-refractivity contribution in [1.29, 1.82) is 0 Å². The van der Waals surface area contributed by atoms with E-state index in [4.69, 9.17) is 0 Å². The minimum absolute atomic E-state index is 0.196. The van der Waals surface area contributed by atoms with Gasteiger partial charge in [0.15, 0.2) is 5.82 Å². The highest BCUT2D eigenvalue weighted by molar-refractivity contribution is 5.79. The van der Waals surface area contributed by atoms with Gasteiger partial charge in [-0.3, -0.25) is 4.79 Å². The van der Waals surface area contributed by atoms with Crippen LogP contribution in [0.2, 0.25) is 0 Å². The van der Waals surface area contributed by atoms with Crippen LogP contribution < -0.4 is 9.80 Å². The first-order valence-corrected chi connectivity index (χ1v) is 8.18. The van der Waals surface area contributed by atoms with Gasteiger partial charge in [0.05, 0.1) is 11.9 Å². The Balaban J connectivity index is 1.63. The summed E-state index contributed by atoms with van der Waals surface area (Å²) < 4.78 is 0. The van der Waals surface area contributed by atoms with Crippen molar-refractivity contribution in [3.63, 3.8) is 0 Å². The van der Waals surface area contributed by atoms with E-state index in [0.717, 1.165) is 63.4 Å². The molecule has 2 aliphatic rings. The molecule has 2 saturated heterocycles. The third kappa shape index (κ3) is 3.00. The van der Waals surface area contributed by atoms with Gasteiger partial charge in [-0.1, -0.05) is 0 Å². The largest absolute Gasteiger partial charge is 0.367 e. The maximum absolute atomic E-state index is 12.5. The van der Waals surface area contributed by atoms with Gasteiger partial charge >= 0.3 is 0 Å². The third-order valence-corrected chi connectivity index (χ3v) is 4.70. The number of hydrogen-bond acceptors (Lipinski definition) is 5. The lowest BCUT2D eigenvalue weighted by molar-refractivity contribution is -0.135. The molecule has 0 aliphatic carbocycles.